The highest BCUT2D eigenvalue weighted by Gasteiger charge is 2.12. The summed E-state index contributed by atoms with van der Waals surface area (Å²) < 4.78 is 11.5. The molecule has 2 rings (SSSR count). The zero-order valence-electron chi connectivity index (χ0n) is 12.8. The molecule has 0 spiro atoms. The monoisotopic (exact) mass is 397 g/mol. The molecule has 1 N–H and O–H groups in total. The van der Waals surface area contributed by atoms with Crippen molar-refractivity contribution >= 4 is 33.4 Å². The normalized spacial score (nSPS) is 11.7. The summed E-state index contributed by atoms with van der Waals surface area (Å²) in [4.78, 5) is 12.0. The summed E-state index contributed by atoms with van der Waals surface area (Å²) in [5, 5.41) is 3.36. The molecule has 0 bridgehead atoms. The van der Waals surface area contributed by atoms with Crippen LogP contribution in [0.15, 0.2) is 46.9 Å². The molecule has 23 heavy (non-hydrogen) atoms. The van der Waals surface area contributed by atoms with Gasteiger partial charge in [-0.25, -0.2) is 0 Å². The van der Waals surface area contributed by atoms with Crippen molar-refractivity contribution in [3.05, 3.63) is 57.5 Å². The summed E-state index contributed by atoms with van der Waals surface area (Å²) in [7, 11) is 1.61. The third kappa shape index (κ3) is 4.88. The van der Waals surface area contributed by atoms with Gasteiger partial charge in [0.2, 0.25) is 0 Å². The molecule has 1 amide bonds. The molecule has 2 aromatic rings. The molecule has 0 aromatic heterocycles. The van der Waals surface area contributed by atoms with Crippen LogP contribution in [-0.4, -0.2) is 19.6 Å². The van der Waals surface area contributed by atoms with Crippen molar-refractivity contribution in [1.82, 2.24) is 5.32 Å². The number of hydrogen-bond donors (Lipinski definition) is 1. The number of ether oxygens (including phenoxy) is 2. The lowest BCUT2D eigenvalue weighted by Gasteiger charge is -2.16. The number of carbonyl (C=O) groups excluding carboxylic acids is 1. The lowest BCUT2D eigenvalue weighted by Crippen LogP contribution is -2.31. The second-order valence-electron chi connectivity index (χ2n) is 4.90. The third-order valence-electron chi connectivity index (χ3n) is 3.25. The van der Waals surface area contributed by atoms with Gasteiger partial charge in [-0.2, -0.15) is 0 Å². The Balaban J connectivity index is 1.92. The van der Waals surface area contributed by atoms with Crippen molar-refractivity contribution in [2.45, 2.75) is 13.0 Å². The van der Waals surface area contributed by atoms with Crippen LogP contribution < -0.4 is 14.8 Å². The predicted molar refractivity (Wildman–Crippen MR) is 94.2 cm³/mol. The largest absolute Gasteiger partial charge is 0.496 e. The van der Waals surface area contributed by atoms with E-state index in [2.05, 4.69) is 21.2 Å². The fourth-order valence-corrected chi connectivity index (χ4v) is 2.77. The molecule has 0 aliphatic heterocycles. The number of nitrogens with one attached hydrogen (secondary N) is 1. The van der Waals surface area contributed by atoms with Crippen LogP contribution in [0.1, 0.15) is 18.5 Å². The van der Waals surface area contributed by atoms with E-state index in [0.717, 1.165) is 15.8 Å². The van der Waals surface area contributed by atoms with Crippen LogP contribution in [0.25, 0.3) is 0 Å². The van der Waals surface area contributed by atoms with E-state index in [1.54, 1.807) is 31.4 Å². The smallest absolute Gasteiger partial charge is 0.258 e. The van der Waals surface area contributed by atoms with E-state index < -0.39 is 0 Å². The van der Waals surface area contributed by atoms with E-state index >= 15 is 0 Å². The molecule has 2 aromatic carbocycles. The van der Waals surface area contributed by atoms with Gasteiger partial charge in [-0.1, -0.05) is 29.8 Å². The van der Waals surface area contributed by atoms with Gasteiger partial charge in [0.25, 0.3) is 5.91 Å². The van der Waals surface area contributed by atoms with Crippen LogP contribution in [0, 0.1) is 0 Å². The van der Waals surface area contributed by atoms with E-state index in [-0.39, 0.29) is 18.6 Å². The maximum absolute atomic E-state index is 12.0. The number of hydrogen-bond acceptors (Lipinski definition) is 3. The first-order chi connectivity index (χ1) is 11.0. The number of para-hydroxylation sites is 1. The number of rotatable bonds is 6. The van der Waals surface area contributed by atoms with Gasteiger partial charge >= 0.3 is 0 Å². The van der Waals surface area contributed by atoms with Crippen LogP contribution in [-0.2, 0) is 4.79 Å². The minimum absolute atomic E-state index is 0.0919. The van der Waals surface area contributed by atoms with Gasteiger partial charge in [-0.05, 0) is 52.7 Å². The Morgan fingerprint density at radius 3 is 2.65 bits per heavy atom. The first-order valence-electron chi connectivity index (χ1n) is 7.01. The molecule has 0 saturated carbocycles. The average molecular weight is 399 g/mol. The first-order valence-corrected chi connectivity index (χ1v) is 8.18. The average Bonchev–Trinajstić information content (AvgIpc) is 2.54. The van der Waals surface area contributed by atoms with Crippen molar-refractivity contribution in [3.8, 4) is 11.5 Å². The third-order valence-corrected chi connectivity index (χ3v) is 4.18. The highest BCUT2D eigenvalue weighted by molar-refractivity contribution is 9.10. The summed E-state index contributed by atoms with van der Waals surface area (Å²) in [6.45, 7) is 1.81. The lowest BCUT2D eigenvalue weighted by atomic mass is 10.1. The zero-order chi connectivity index (χ0) is 16.8. The second kappa shape index (κ2) is 8.22. The van der Waals surface area contributed by atoms with Gasteiger partial charge in [-0.15, -0.1) is 0 Å². The summed E-state index contributed by atoms with van der Waals surface area (Å²) in [5.41, 5.74) is 0.962. The molecule has 1 atom stereocenters. The Morgan fingerprint density at radius 1 is 1.26 bits per heavy atom. The van der Waals surface area contributed by atoms with E-state index in [4.69, 9.17) is 21.1 Å². The maximum atomic E-state index is 12.0. The Morgan fingerprint density at radius 2 is 2.00 bits per heavy atom. The van der Waals surface area contributed by atoms with E-state index in [9.17, 15) is 4.79 Å². The summed E-state index contributed by atoms with van der Waals surface area (Å²) in [5.74, 6) is 1.02. The van der Waals surface area contributed by atoms with Gasteiger partial charge in [-0.3, -0.25) is 4.79 Å². The van der Waals surface area contributed by atoms with Crippen molar-refractivity contribution in [1.29, 1.82) is 0 Å². The molecular weight excluding hydrogens is 382 g/mol. The van der Waals surface area contributed by atoms with Crippen LogP contribution in [0.4, 0.5) is 0 Å². The minimum Gasteiger partial charge on any atom is -0.496 e. The van der Waals surface area contributed by atoms with Gasteiger partial charge in [0.1, 0.15) is 11.5 Å². The Bertz CT molecular complexity index is 693. The molecule has 4 nitrogen and oxygen atoms in total. The predicted octanol–water partition coefficient (Wildman–Crippen LogP) is 4.37. The van der Waals surface area contributed by atoms with E-state index in [1.165, 1.54) is 0 Å². The number of benzene rings is 2. The van der Waals surface area contributed by atoms with E-state index in [1.807, 2.05) is 25.1 Å². The molecule has 0 aliphatic rings. The summed E-state index contributed by atoms with van der Waals surface area (Å²) in [6.07, 6.45) is 0. The summed E-state index contributed by atoms with van der Waals surface area (Å²) in [6, 6.07) is 12.6. The van der Waals surface area contributed by atoms with Crippen molar-refractivity contribution in [2.24, 2.45) is 0 Å². The van der Waals surface area contributed by atoms with Gasteiger partial charge in [0.05, 0.1) is 22.6 Å². The Hall–Kier alpha value is -1.72. The van der Waals surface area contributed by atoms with Crippen molar-refractivity contribution in [2.75, 3.05) is 13.7 Å². The number of carbonyl (C=O) groups is 1. The van der Waals surface area contributed by atoms with Crippen LogP contribution in [0.3, 0.4) is 0 Å². The standard InChI is InChI=1S/C17H17BrClNO3/c1-11(12-7-8-15(22-2)13(18)9-12)20-17(21)10-23-16-6-4-3-5-14(16)19/h3-9,11H,10H2,1-2H3,(H,20,21)/t11-/m0/s1. The molecule has 0 heterocycles. The highest BCUT2D eigenvalue weighted by Crippen LogP contribution is 2.28. The fraction of sp³-hybridized carbons (Fsp3) is 0.235. The Kier molecular flexibility index (Phi) is 6.30. The van der Waals surface area contributed by atoms with Gasteiger partial charge in [0, 0.05) is 0 Å². The SMILES string of the molecule is COc1ccc([C@H](C)NC(=O)COc2ccccc2Cl)cc1Br. The van der Waals surface area contributed by atoms with Gasteiger partial charge < -0.3 is 14.8 Å². The lowest BCUT2D eigenvalue weighted by molar-refractivity contribution is -0.123. The summed E-state index contributed by atoms with van der Waals surface area (Å²) >= 11 is 9.42. The van der Waals surface area contributed by atoms with Crippen LogP contribution in [0.2, 0.25) is 5.02 Å². The maximum Gasteiger partial charge on any atom is 0.258 e. The van der Waals surface area contributed by atoms with Crippen LogP contribution in [0.5, 0.6) is 11.5 Å². The molecule has 0 unspecified atom stereocenters. The first kappa shape index (κ1) is 17.6. The number of halogens is 2. The number of amides is 1. The Labute approximate surface area is 148 Å². The fourth-order valence-electron chi connectivity index (χ4n) is 2.02. The second-order valence-corrected chi connectivity index (χ2v) is 6.16. The zero-order valence-corrected chi connectivity index (χ0v) is 15.1. The topological polar surface area (TPSA) is 47.6 Å². The van der Waals surface area contributed by atoms with Crippen molar-refractivity contribution in [3.63, 3.8) is 0 Å². The molecule has 0 radical (unpaired) electrons. The molecule has 0 fully saturated rings. The van der Waals surface area contributed by atoms with Gasteiger partial charge in [0.15, 0.2) is 6.61 Å². The van der Waals surface area contributed by atoms with Crippen molar-refractivity contribution < 1.29 is 14.3 Å². The molecule has 6 heteroatoms. The molecular formula is C17H17BrClNO3. The van der Waals surface area contributed by atoms with Crippen LogP contribution >= 0.6 is 27.5 Å². The molecule has 122 valence electrons. The van der Waals surface area contributed by atoms with E-state index in [0.29, 0.717) is 10.8 Å². The number of methoxy groups -OCH3 is 1. The molecule has 0 saturated heterocycles. The quantitative estimate of drug-likeness (QED) is 0.786. The minimum atomic E-state index is -0.218. The highest BCUT2D eigenvalue weighted by atomic mass is 79.9. The molecule has 0 aliphatic carbocycles.